The van der Waals surface area contributed by atoms with Crippen molar-refractivity contribution in [2.75, 3.05) is 4.90 Å². The number of nitrogens with zero attached hydrogens (tertiary/aromatic N) is 1. The number of halogens is 1. The topological polar surface area (TPSA) is 24.5 Å². The van der Waals surface area contributed by atoms with Crippen LogP contribution in [0.3, 0.4) is 0 Å². The Kier molecular flexibility index (Phi) is 3.39. The lowest BCUT2D eigenvalue weighted by atomic mass is 9.90. The molecule has 2 aromatic rings. The molecule has 5 heteroatoms. The molecule has 3 nitrogen and oxygen atoms in total. The normalized spacial score (nSPS) is 25.4. The third kappa shape index (κ3) is 2.42. The average molecular weight is 389 g/mol. The van der Waals surface area contributed by atoms with Gasteiger partial charge in [-0.25, -0.2) is 0 Å². The molecule has 2 bridgehead atoms. The molecule has 2 heterocycles. The van der Waals surface area contributed by atoms with Crippen molar-refractivity contribution in [2.45, 2.75) is 32.0 Å². The van der Waals surface area contributed by atoms with Crippen molar-refractivity contribution in [2.24, 2.45) is 0 Å². The van der Waals surface area contributed by atoms with Crippen LogP contribution in [0.5, 0.6) is 5.75 Å². The zero-order valence-electron chi connectivity index (χ0n) is 13.0. The minimum atomic E-state index is -0.485. The van der Waals surface area contributed by atoms with Crippen molar-refractivity contribution in [1.82, 2.24) is 5.32 Å². The van der Waals surface area contributed by atoms with E-state index in [4.69, 9.17) is 17.0 Å². The molecule has 1 saturated heterocycles. The van der Waals surface area contributed by atoms with E-state index in [1.54, 1.807) is 0 Å². The van der Waals surface area contributed by atoms with E-state index < -0.39 is 5.72 Å². The Hall–Kier alpha value is -1.59. The van der Waals surface area contributed by atoms with Crippen LogP contribution < -0.4 is 15.0 Å². The number of fused-ring (bicyclic) bond motifs is 4. The molecule has 0 amide bonds. The largest absolute Gasteiger partial charge is 0.467 e. The Balaban J connectivity index is 1.81. The average Bonchev–Trinajstić information content (AvgIpc) is 2.47. The molecule has 1 N–H and O–H groups in total. The smallest absolute Gasteiger partial charge is 0.188 e. The summed E-state index contributed by atoms with van der Waals surface area (Å²) in [7, 11) is 0. The summed E-state index contributed by atoms with van der Waals surface area (Å²) >= 11 is 9.20. The Bertz CT molecular complexity index is 809. The van der Waals surface area contributed by atoms with Crippen LogP contribution in [0.1, 0.15) is 30.5 Å². The SMILES string of the molecule is Cc1cccc(N2C(=S)NC3CC2(C)Oc2ccc(Br)cc23)c1. The summed E-state index contributed by atoms with van der Waals surface area (Å²) in [4.78, 5) is 2.09. The van der Waals surface area contributed by atoms with Gasteiger partial charge in [-0.05, 0) is 62.0 Å². The van der Waals surface area contributed by atoms with Crippen LogP contribution in [0.15, 0.2) is 46.9 Å². The first kappa shape index (κ1) is 15.0. The fourth-order valence-corrected chi connectivity index (χ4v) is 4.32. The van der Waals surface area contributed by atoms with Gasteiger partial charge in [0.25, 0.3) is 0 Å². The second-order valence-corrected chi connectivity index (χ2v) is 7.64. The van der Waals surface area contributed by atoms with Crippen molar-refractivity contribution in [1.29, 1.82) is 0 Å². The van der Waals surface area contributed by atoms with E-state index in [0.717, 1.165) is 27.9 Å². The zero-order valence-corrected chi connectivity index (χ0v) is 15.4. The third-order valence-electron chi connectivity index (χ3n) is 4.49. The molecule has 0 radical (unpaired) electrons. The maximum absolute atomic E-state index is 6.40. The number of ether oxygens (including phenoxy) is 1. The van der Waals surface area contributed by atoms with Crippen molar-refractivity contribution in [3.8, 4) is 5.75 Å². The molecule has 2 aliphatic rings. The van der Waals surface area contributed by atoms with E-state index in [1.807, 2.05) is 12.1 Å². The van der Waals surface area contributed by atoms with Gasteiger partial charge in [0.1, 0.15) is 5.75 Å². The van der Waals surface area contributed by atoms with Crippen molar-refractivity contribution in [3.63, 3.8) is 0 Å². The van der Waals surface area contributed by atoms with Gasteiger partial charge in [-0.2, -0.15) is 0 Å². The van der Waals surface area contributed by atoms with Crippen LogP contribution in [-0.2, 0) is 0 Å². The second kappa shape index (κ2) is 5.21. The minimum Gasteiger partial charge on any atom is -0.467 e. The highest BCUT2D eigenvalue weighted by molar-refractivity contribution is 9.10. The van der Waals surface area contributed by atoms with Crippen LogP contribution in [0.2, 0.25) is 0 Å². The van der Waals surface area contributed by atoms with E-state index in [1.165, 1.54) is 5.56 Å². The highest BCUT2D eigenvalue weighted by Crippen LogP contribution is 2.46. The summed E-state index contributed by atoms with van der Waals surface area (Å²) in [6.45, 7) is 4.20. The van der Waals surface area contributed by atoms with E-state index in [9.17, 15) is 0 Å². The van der Waals surface area contributed by atoms with Gasteiger partial charge in [0.2, 0.25) is 0 Å². The van der Waals surface area contributed by atoms with Gasteiger partial charge in [0, 0.05) is 22.1 Å². The number of anilines is 1. The Morgan fingerprint density at radius 3 is 2.91 bits per heavy atom. The molecular formula is C18H17BrN2OS. The molecule has 2 unspecified atom stereocenters. The summed E-state index contributed by atoms with van der Waals surface area (Å²) in [5.74, 6) is 0.916. The number of thiocarbonyl (C=S) groups is 1. The van der Waals surface area contributed by atoms with Crippen molar-refractivity contribution >= 4 is 38.9 Å². The molecule has 2 atom stereocenters. The summed E-state index contributed by atoms with van der Waals surface area (Å²) in [5, 5.41) is 4.19. The van der Waals surface area contributed by atoms with Crippen LogP contribution >= 0.6 is 28.1 Å². The molecule has 4 rings (SSSR count). The number of hydrogen-bond acceptors (Lipinski definition) is 2. The Labute approximate surface area is 149 Å². The van der Waals surface area contributed by atoms with E-state index in [2.05, 4.69) is 70.3 Å². The van der Waals surface area contributed by atoms with Crippen LogP contribution in [-0.4, -0.2) is 10.8 Å². The molecule has 0 aromatic heterocycles. The monoisotopic (exact) mass is 388 g/mol. The molecule has 0 saturated carbocycles. The molecule has 1 fully saturated rings. The van der Waals surface area contributed by atoms with Crippen molar-refractivity contribution < 1.29 is 4.74 Å². The number of aryl methyl sites for hydroxylation is 1. The summed E-state index contributed by atoms with van der Waals surface area (Å²) < 4.78 is 7.45. The van der Waals surface area contributed by atoms with Gasteiger partial charge in [-0.1, -0.05) is 28.1 Å². The summed E-state index contributed by atoms with van der Waals surface area (Å²) in [5.41, 5.74) is 2.94. The molecule has 118 valence electrons. The van der Waals surface area contributed by atoms with Gasteiger partial charge in [0.15, 0.2) is 10.8 Å². The first-order chi connectivity index (χ1) is 11.0. The number of hydrogen-bond donors (Lipinski definition) is 1. The van der Waals surface area contributed by atoms with Crippen LogP contribution in [0.4, 0.5) is 5.69 Å². The number of benzene rings is 2. The first-order valence-corrected chi connectivity index (χ1v) is 8.82. The Morgan fingerprint density at radius 1 is 1.30 bits per heavy atom. The predicted octanol–water partition coefficient (Wildman–Crippen LogP) is 4.69. The standard InChI is InChI=1S/C18H17BrN2OS/c1-11-4-3-5-13(8-11)21-17(23)20-15-10-18(21,2)22-16-7-6-12(19)9-14(15)16/h3-9,15H,10H2,1-2H3,(H,20,23). The van der Waals surface area contributed by atoms with Gasteiger partial charge >= 0.3 is 0 Å². The van der Waals surface area contributed by atoms with Crippen molar-refractivity contribution in [3.05, 3.63) is 58.1 Å². The quantitative estimate of drug-likeness (QED) is 0.716. The Morgan fingerprint density at radius 2 is 2.13 bits per heavy atom. The maximum atomic E-state index is 6.40. The summed E-state index contributed by atoms with van der Waals surface area (Å²) in [6.07, 6.45) is 0.838. The molecule has 2 aromatic carbocycles. The lowest BCUT2D eigenvalue weighted by Crippen LogP contribution is -2.65. The minimum absolute atomic E-state index is 0.176. The van der Waals surface area contributed by atoms with Crippen LogP contribution in [0, 0.1) is 6.92 Å². The second-order valence-electron chi connectivity index (χ2n) is 6.34. The predicted molar refractivity (Wildman–Crippen MR) is 99.9 cm³/mol. The fourth-order valence-electron chi connectivity index (χ4n) is 3.50. The molecule has 23 heavy (non-hydrogen) atoms. The maximum Gasteiger partial charge on any atom is 0.188 e. The van der Waals surface area contributed by atoms with Gasteiger partial charge in [0.05, 0.1) is 6.04 Å². The van der Waals surface area contributed by atoms with Gasteiger partial charge in [-0.3, -0.25) is 4.90 Å². The van der Waals surface area contributed by atoms with E-state index in [-0.39, 0.29) is 6.04 Å². The van der Waals surface area contributed by atoms with Gasteiger partial charge < -0.3 is 10.1 Å². The molecule has 0 aliphatic carbocycles. The van der Waals surface area contributed by atoms with E-state index >= 15 is 0 Å². The number of nitrogens with one attached hydrogen (secondary N) is 1. The van der Waals surface area contributed by atoms with E-state index in [0.29, 0.717) is 5.11 Å². The fraction of sp³-hybridized carbons (Fsp3) is 0.278. The highest BCUT2D eigenvalue weighted by atomic mass is 79.9. The molecular weight excluding hydrogens is 372 g/mol. The van der Waals surface area contributed by atoms with Gasteiger partial charge in [-0.15, -0.1) is 0 Å². The molecule has 2 aliphatic heterocycles. The molecule has 0 spiro atoms. The summed E-state index contributed by atoms with van der Waals surface area (Å²) in [6, 6.07) is 14.7. The van der Waals surface area contributed by atoms with Crippen LogP contribution in [0.25, 0.3) is 0 Å². The zero-order chi connectivity index (χ0) is 16.2. The highest BCUT2D eigenvalue weighted by Gasteiger charge is 2.48. The lowest BCUT2D eigenvalue weighted by Gasteiger charge is -2.52. The first-order valence-electron chi connectivity index (χ1n) is 7.62. The lowest BCUT2D eigenvalue weighted by molar-refractivity contribution is 0.0497. The third-order valence-corrected chi connectivity index (χ3v) is 5.29. The number of rotatable bonds is 1.